The Morgan fingerprint density at radius 2 is 2.06 bits per heavy atom. The van der Waals surface area contributed by atoms with Crippen molar-refractivity contribution >= 4 is 23.4 Å². The molecule has 1 heterocycles. The Bertz CT molecular complexity index is 352. The van der Waals surface area contributed by atoms with Crippen molar-refractivity contribution in [2.75, 3.05) is 19.3 Å². The normalized spacial score (nSPS) is 21.1. The third-order valence-electron chi connectivity index (χ3n) is 3.72. The van der Waals surface area contributed by atoms with Crippen molar-refractivity contribution in [2.24, 2.45) is 0 Å². The van der Waals surface area contributed by atoms with E-state index in [0.29, 0.717) is 5.88 Å². The van der Waals surface area contributed by atoms with Gasteiger partial charge in [-0.25, -0.2) is 0 Å². The maximum Gasteiger partial charge on any atom is 0.0474 e. The predicted molar refractivity (Wildman–Crippen MR) is 81.6 cm³/mol. The second-order valence-corrected chi connectivity index (χ2v) is 6.48. The summed E-state index contributed by atoms with van der Waals surface area (Å²) in [5.41, 5.74) is 1.20. The molecule has 1 saturated heterocycles. The van der Waals surface area contributed by atoms with Crippen LogP contribution in [-0.2, 0) is 5.88 Å². The van der Waals surface area contributed by atoms with Gasteiger partial charge < -0.3 is 4.90 Å². The number of piperidine rings is 1. The highest BCUT2D eigenvalue weighted by Crippen LogP contribution is 2.24. The van der Waals surface area contributed by atoms with Crippen LogP contribution in [0.2, 0.25) is 0 Å². The molecular weight excluding hydrogens is 262 g/mol. The van der Waals surface area contributed by atoms with Crippen LogP contribution in [0, 0.1) is 0 Å². The summed E-state index contributed by atoms with van der Waals surface area (Å²) in [6.45, 7) is 1.28. The van der Waals surface area contributed by atoms with Crippen molar-refractivity contribution < 1.29 is 0 Å². The number of benzene rings is 1. The molecule has 0 N–H and O–H groups in total. The number of hydrogen-bond donors (Lipinski definition) is 0. The maximum atomic E-state index is 5.79. The lowest BCUT2D eigenvalue weighted by Gasteiger charge is -2.32. The van der Waals surface area contributed by atoms with E-state index >= 15 is 0 Å². The van der Waals surface area contributed by atoms with Crippen LogP contribution in [0.15, 0.2) is 29.2 Å². The van der Waals surface area contributed by atoms with E-state index in [0.717, 1.165) is 6.04 Å². The fourth-order valence-electron chi connectivity index (χ4n) is 2.50. The molecule has 100 valence electrons. The first-order chi connectivity index (χ1) is 8.79. The average molecular weight is 284 g/mol. The Balaban J connectivity index is 1.73. The van der Waals surface area contributed by atoms with Crippen molar-refractivity contribution in [2.45, 2.75) is 42.5 Å². The van der Waals surface area contributed by atoms with Crippen molar-refractivity contribution in [1.82, 2.24) is 4.90 Å². The molecule has 1 aliphatic heterocycles. The fraction of sp³-hybridized carbons (Fsp3) is 0.600. The summed E-state index contributed by atoms with van der Waals surface area (Å²) in [6, 6.07) is 9.43. The first-order valence-corrected chi connectivity index (χ1v) is 8.29. The molecule has 0 amide bonds. The molecule has 1 atom stereocenters. The molecule has 1 aliphatic rings. The lowest BCUT2D eigenvalue weighted by atomic mass is 10.0. The van der Waals surface area contributed by atoms with Crippen LogP contribution < -0.4 is 0 Å². The van der Waals surface area contributed by atoms with Gasteiger partial charge in [-0.1, -0.05) is 18.6 Å². The summed E-state index contributed by atoms with van der Waals surface area (Å²) in [4.78, 5) is 3.89. The van der Waals surface area contributed by atoms with Gasteiger partial charge in [0.05, 0.1) is 0 Å². The molecule has 0 bridgehead atoms. The Morgan fingerprint density at radius 1 is 1.28 bits per heavy atom. The summed E-state index contributed by atoms with van der Waals surface area (Å²) >= 11 is 7.75. The van der Waals surface area contributed by atoms with Crippen LogP contribution in [0.25, 0.3) is 0 Å². The Hall–Kier alpha value is -0.180. The van der Waals surface area contributed by atoms with Crippen molar-refractivity contribution in [3.8, 4) is 0 Å². The summed E-state index contributed by atoms with van der Waals surface area (Å²) in [6.07, 6.45) is 5.46. The van der Waals surface area contributed by atoms with Gasteiger partial charge in [0.2, 0.25) is 0 Å². The molecule has 0 aromatic heterocycles. The molecule has 0 radical (unpaired) electrons. The van der Waals surface area contributed by atoms with Crippen LogP contribution in [0.1, 0.15) is 31.2 Å². The molecule has 1 aromatic carbocycles. The zero-order valence-electron chi connectivity index (χ0n) is 11.1. The number of alkyl halides is 1. The Labute approximate surface area is 120 Å². The number of rotatable bonds is 5. The summed E-state index contributed by atoms with van der Waals surface area (Å²) < 4.78 is 0. The number of halogens is 1. The molecule has 1 unspecified atom stereocenters. The molecule has 1 nitrogen and oxygen atoms in total. The van der Waals surface area contributed by atoms with Gasteiger partial charge in [0.1, 0.15) is 0 Å². The highest BCUT2D eigenvalue weighted by Gasteiger charge is 2.17. The fourth-order valence-corrected chi connectivity index (χ4v) is 3.63. The van der Waals surface area contributed by atoms with Crippen LogP contribution >= 0.6 is 23.4 Å². The van der Waals surface area contributed by atoms with Gasteiger partial charge in [0.15, 0.2) is 0 Å². The molecule has 3 heteroatoms. The maximum absolute atomic E-state index is 5.79. The molecule has 0 saturated carbocycles. The van der Waals surface area contributed by atoms with E-state index in [4.69, 9.17) is 11.6 Å². The van der Waals surface area contributed by atoms with E-state index in [9.17, 15) is 0 Å². The molecule has 1 fully saturated rings. The third kappa shape index (κ3) is 4.18. The number of nitrogens with zero attached hydrogens (tertiary/aromatic N) is 1. The molecule has 18 heavy (non-hydrogen) atoms. The van der Waals surface area contributed by atoms with Gasteiger partial charge in [-0.05, 0) is 56.3 Å². The van der Waals surface area contributed by atoms with Gasteiger partial charge in [-0.3, -0.25) is 0 Å². The van der Waals surface area contributed by atoms with E-state index in [2.05, 4.69) is 36.2 Å². The summed E-state index contributed by atoms with van der Waals surface area (Å²) in [5.74, 6) is 1.83. The van der Waals surface area contributed by atoms with Crippen LogP contribution in [0.4, 0.5) is 0 Å². The van der Waals surface area contributed by atoms with Crippen LogP contribution in [0.5, 0.6) is 0 Å². The average Bonchev–Trinajstić information content (AvgIpc) is 2.42. The minimum atomic E-state index is 0.609. The first kappa shape index (κ1) is 14.2. The van der Waals surface area contributed by atoms with Crippen LogP contribution in [0.3, 0.4) is 0 Å². The van der Waals surface area contributed by atoms with E-state index < -0.39 is 0 Å². The lowest BCUT2D eigenvalue weighted by molar-refractivity contribution is 0.182. The zero-order chi connectivity index (χ0) is 12.8. The number of hydrogen-bond acceptors (Lipinski definition) is 2. The number of likely N-dealkylation sites (tertiary alicyclic amines) is 1. The predicted octanol–water partition coefficient (Wildman–Crippen LogP) is 4.39. The smallest absolute Gasteiger partial charge is 0.0474 e. The highest BCUT2D eigenvalue weighted by molar-refractivity contribution is 7.99. The van der Waals surface area contributed by atoms with Crippen molar-refractivity contribution in [3.63, 3.8) is 0 Å². The number of thioether (sulfide) groups is 1. The third-order valence-corrected chi connectivity index (χ3v) is 5.07. The SMILES string of the molecule is CN1CCCCC1CCSc1ccc(CCl)cc1. The topological polar surface area (TPSA) is 3.24 Å². The minimum absolute atomic E-state index is 0.609. The second-order valence-electron chi connectivity index (χ2n) is 5.04. The van der Waals surface area contributed by atoms with Gasteiger partial charge in [-0.15, -0.1) is 23.4 Å². The Kier molecular flexibility index (Phi) is 5.87. The van der Waals surface area contributed by atoms with Crippen molar-refractivity contribution in [3.05, 3.63) is 29.8 Å². The van der Waals surface area contributed by atoms with Gasteiger partial charge >= 0.3 is 0 Å². The lowest BCUT2D eigenvalue weighted by Crippen LogP contribution is -2.36. The summed E-state index contributed by atoms with van der Waals surface area (Å²) in [5, 5.41) is 0. The van der Waals surface area contributed by atoms with Gasteiger partial charge in [0, 0.05) is 16.8 Å². The molecular formula is C15H22ClNS. The molecule has 1 aromatic rings. The second kappa shape index (κ2) is 7.42. The van der Waals surface area contributed by atoms with E-state index in [1.54, 1.807) is 0 Å². The first-order valence-electron chi connectivity index (χ1n) is 6.77. The van der Waals surface area contributed by atoms with Gasteiger partial charge in [-0.2, -0.15) is 0 Å². The summed E-state index contributed by atoms with van der Waals surface area (Å²) in [7, 11) is 2.27. The Morgan fingerprint density at radius 3 is 2.72 bits per heavy atom. The largest absolute Gasteiger partial charge is 0.303 e. The monoisotopic (exact) mass is 283 g/mol. The minimum Gasteiger partial charge on any atom is -0.303 e. The van der Waals surface area contributed by atoms with Crippen molar-refractivity contribution in [1.29, 1.82) is 0 Å². The van der Waals surface area contributed by atoms with E-state index in [1.165, 1.54) is 48.4 Å². The van der Waals surface area contributed by atoms with Crippen LogP contribution in [-0.4, -0.2) is 30.3 Å². The molecule has 0 aliphatic carbocycles. The quantitative estimate of drug-likeness (QED) is 0.582. The van der Waals surface area contributed by atoms with E-state index in [1.807, 2.05) is 11.8 Å². The van der Waals surface area contributed by atoms with Gasteiger partial charge in [0.25, 0.3) is 0 Å². The highest BCUT2D eigenvalue weighted by atomic mass is 35.5. The standard InChI is InChI=1S/C15H22ClNS/c1-17-10-3-2-4-14(17)9-11-18-15-7-5-13(12-16)6-8-15/h5-8,14H,2-4,9-12H2,1H3. The molecule has 0 spiro atoms. The zero-order valence-corrected chi connectivity index (χ0v) is 12.6. The van der Waals surface area contributed by atoms with E-state index in [-0.39, 0.29) is 0 Å². The molecule has 2 rings (SSSR count).